The second kappa shape index (κ2) is 5.50. The Balaban J connectivity index is 1.70. The molecule has 1 fully saturated rings. The topological polar surface area (TPSA) is 67.2 Å². The van der Waals surface area contributed by atoms with Crippen LogP contribution in [-0.2, 0) is 0 Å². The molecular formula is C15H16ClN3O2. The second-order valence-corrected chi connectivity index (χ2v) is 5.79. The summed E-state index contributed by atoms with van der Waals surface area (Å²) in [6.45, 7) is 0.281. The quantitative estimate of drug-likeness (QED) is 0.909. The number of benzene rings is 1. The number of nitrogens with one attached hydrogen (secondary N) is 1. The second-order valence-electron chi connectivity index (χ2n) is 5.39. The summed E-state index contributed by atoms with van der Waals surface area (Å²) in [6.07, 6.45) is 5.61. The van der Waals surface area contributed by atoms with Crippen molar-refractivity contribution >= 4 is 17.5 Å². The average molecular weight is 306 g/mol. The molecule has 1 aliphatic rings. The minimum absolute atomic E-state index is 0.242. The van der Waals surface area contributed by atoms with Gasteiger partial charge in [-0.05, 0) is 31.4 Å². The summed E-state index contributed by atoms with van der Waals surface area (Å²) < 4.78 is 1.56. The number of hydrogen-bond donors (Lipinski definition) is 2. The summed E-state index contributed by atoms with van der Waals surface area (Å²) in [7, 11) is 0. The van der Waals surface area contributed by atoms with E-state index < -0.39 is 5.60 Å². The molecule has 1 aromatic heterocycles. The highest BCUT2D eigenvalue weighted by Crippen LogP contribution is 2.30. The Hall–Kier alpha value is -1.85. The number of nitrogens with zero attached hydrogens (tertiary/aromatic N) is 2. The highest BCUT2D eigenvalue weighted by Gasteiger charge is 2.34. The van der Waals surface area contributed by atoms with Gasteiger partial charge < -0.3 is 10.4 Å². The van der Waals surface area contributed by atoms with E-state index in [1.54, 1.807) is 16.9 Å². The first-order valence-electron chi connectivity index (χ1n) is 6.88. The van der Waals surface area contributed by atoms with E-state index in [9.17, 15) is 9.90 Å². The number of carbonyl (C=O) groups is 1. The third kappa shape index (κ3) is 2.94. The molecule has 110 valence electrons. The Morgan fingerprint density at radius 1 is 1.43 bits per heavy atom. The summed E-state index contributed by atoms with van der Waals surface area (Å²) in [5.41, 5.74) is 0.433. The van der Waals surface area contributed by atoms with Crippen molar-refractivity contribution in [3.8, 4) is 5.69 Å². The van der Waals surface area contributed by atoms with Gasteiger partial charge in [0.15, 0.2) is 0 Å². The molecular weight excluding hydrogens is 290 g/mol. The van der Waals surface area contributed by atoms with Crippen molar-refractivity contribution in [2.24, 2.45) is 0 Å². The fourth-order valence-electron chi connectivity index (χ4n) is 2.32. The first-order valence-corrected chi connectivity index (χ1v) is 7.25. The Morgan fingerprint density at radius 3 is 2.86 bits per heavy atom. The molecule has 0 atom stereocenters. The van der Waals surface area contributed by atoms with Crippen molar-refractivity contribution in [1.82, 2.24) is 15.1 Å². The van der Waals surface area contributed by atoms with Gasteiger partial charge in [-0.2, -0.15) is 5.10 Å². The number of rotatable bonds is 4. The molecule has 1 heterocycles. The SMILES string of the molecule is O=C(NCC1(O)CCC1)c1cnn(-c2ccccc2Cl)c1. The minimum Gasteiger partial charge on any atom is -0.388 e. The van der Waals surface area contributed by atoms with Crippen molar-refractivity contribution < 1.29 is 9.90 Å². The van der Waals surface area contributed by atoms with Gasteiger partial charge in [0.1, 0.15) is 0 Å². The van der Waals surface area contributed by atoms with Gasteiger partial charge in [-0.1, -0.05) is 23.7 Å². The zero-order valence-corrected chi connectivity index (χ0v) is 12.2. The van der Waals surface area contributed by atoms with E-state index in [2.05, 4.69) is 10.4 Å². The summed E-state index contributed by atoms with van der Waals surface area (Å²) >= 11 is 6.10. The number of aromatic nitrogens is 2. The number of amides is 1. The molecule has 0 unspecified atom stereocenters. The monoisotopic (exact) mass is 305 g/mol. The van der Waals surface area contributed by atoms with Gasteiger partial charge in [0.25, 0.3) is 5.91 Å². The zero-order valence-electron chi connectivity index (χ0n) is 11.4. The number of hydrogen-bond acceptors (Lipinski definition) is 3. The molecule has 21 heavy (non-hydrogen) atoms. The van der Waals surface area contributed by atoms with Crippen molar-refractivity contribution in [2.75, 3.05) is 6.54 Å². The van der Waals surface area contributed by atoms with Crippen molar-refractivity contribution in [2.45, 2.75) is 24.9 Å². The van der Waals surface area contributed by atoms with E-state index in [0.717, 1.165) is 24.9 Å². The average Bonchev–Trinajstić information content (AvgIpc) is 2.93. The Kier molecular flexibility index (Phi) is 3.69. The molecule has 3 rings (SSSR count). The molecule has 1 aliphatic carbocycles. The van der Waals surface area contributed by atoms with Crippen LogP contribution in [0.4, 0.5) is 0 Å². The van der Waals surface area contributed by atoms with Crippen LogP contribution in [-0.4, -0.2) is 32.9 Å². The Morgan fingerprint density at radius 2 is 2.19 bits per heavy atom. The van der Waals surface area contributed by atoms with Crippen LogP contribution >= 0.6 is 11.6 Å². The standard InChI is InChI=1S/C15H16ClN3O2/c16-12-4-1-2-5-13(12)19-9-11(8-18-19)14(20)17-10-15(21)6-3-7-15/h1-2,4-5,8-9,21H,3,6-7,10H2,(H,17,20). The van der Waals surface area contributed by atoms with Crippen LogP contribution in [0.15, 0.2) is 36.7 Å². The Bertz CT molecular complexity index is 664. The predicted octanol–water partition coefficient (Wildman–Crippen LogP) is 2.17. The summed E-state index contributed by atoms with van der Waals surface area (Å²) in [5, 5.41) is 17.4. The summed E-state index contributed by atoms with van der Waals surface area (Å²) in [6, 6.07) is 7.29. The van der Waals surface area contributed by atoms with Gasteiger partial charge in [-0.15, -0.1) is 0 Å². The van der Waals surface area contributed by atoms with E-state index in [-0.39, 0.29) is 12.5 Å². The lowest BCUT2D eigenvalue weighted by atomic mass is 9.80. The number of para-hydroxylation sites is 1. The molecule has 0 aliphatic heterocycles. The lowest BCUT2D eigenvalue weighted by Crippen LogP contribution is -2.47. The largest absolute Gasteiger partial charge is 0.388 e. The van der Waals surface area contributed by atoms with Gasteiger partial charge in [0.05, 0.1) is 28.1 Å². The van der Waals surface area contributed by atoms with E-state index in [1.807, 2.05) is 18.2 Å². The third-order valence-corrected chi connectivity index (χ3v) is 4.13. The molecule has 1 aromatic carbocycles. The Labute approximate surface area is 127 Å². The molecule has 1 amide bonds. The van der Waals surface area contributed by atoms with Crippen molar-refractivity contribution in [3.05, 3.63) is 47.2 Å². The molecule has 0 bridgehead atoms. The highest BCUT2D eigenvalue weighted by molar-refractivity contribution is 6.32. The minimum atomic E-state index is -0.728. The maximum atomic E-state index is 12.1. The summed E-state index contributed by atoms with van der Waals surface area (Å²) in [4.78, 5) is 12.1. The number of carbonyl (C=O) groups excluding carboxylic acids is 1. The van der Waals surface area contributed by atoms with Gasteiger partial charge in [-0.25, -0.2) is 4.68 Å². The predicted molar refractivity (Wildman–Crippen MR) is 79.7 cm³/mol. The molecule has 2 aromatic rings. The van der Waals surface area contributed by atoms with Crippen LogP contribution in [0.25, 0.3) is 5.69 Å². The first kappa shape index (κ1) is 14.1. The smallest absolute Gasteiger partial charge is 0.254 e. The zero-order chi connectivity index (χ0) is 14.9. The molecule has 2 N–H and O–H groups in total. The van der Waals surface area contributed by atoms with Crippen molar-refractivity contribution in [1.29, 1.82) is 0 Å². The maximum absolute atomic E-state index is 12.1. The van der Waals surface area contributed by atoms with Crippen molar-refractivity contribution in [3.63, 3.8) is 0 Å². The van der Waals surface area contributed by atoms with E-state index in [4.69, 9.17) is 11.6 Å². The molecule has 0 spiro atoms. The first-order chi connectivity index (χ1) is 10.1. The number of aliphatic hydroxyl groups is 1. The molecule has 0 radical (unpaired) electrons. The van der Waals surface area contributed by atoms with Crippen LogP contribution in [0.1, 0.15) is 29.6 Å². The van der Waals surface area contributed by atoms with Crippen LogP contribution < -0.4 is 5.32 Å². The molecule has 0 saturated heterocycles. The van der Waals surface area contributed by atoms with Gasteiger partial charge in [-0.3, -0.25) is 4.79 Å². The normalized spacial score (nSPS) is 16.3. The van der Waals surface area contributed by atoms with Gasteiger partial charge in [0, 0.05) is 12.7 Å². The van der Waals surface area contributed by atoms with E-state index in [1.165, 1.54) is 6.20 Å². The number of halogens is 1. The van der Waals surface area contributed by atoms with Crippen LogP contribution in [0.2, 0.25) is 5.02 Å². The van der Waals surface area contributed by atoms with Crippen LogP contribution in [0, 0.1) is 0 Å². The van der Waals surface area contributed by atoms with Gasteiger partial charge in [0.2, 0.25) is 0 Å². The van der Waals surface area contributed by atoms with Gasteiger partial charge >= 0.3 is 0 Å². The maximum Gasteiger partial charge on any atom is 0.254 e. The van der Waals surface area contributed by atoms with E-state index in [0.29, 0.717) is 10.6 Å². The lowest BCUT2D eigenvalue weighted by molar-refractivity contribution is -0.0300. The molecule has 5 nitrogen and oxygen atoms in total. The molecule has 1 saturated carbocycles. The van der Waals surface area contributed by atoms with E-state index >= 15 is 0 Å². The lowest BCUT2D eigenvalue weighted by Gasteiger charge is -2.36. The molecule has 6 heteroatoms. The fourth-order valence-corrected chi connectivity index (χ4v) is 2.54. The fraction of sp³-hybridized carbons (Fsp3) is 0.333. The summed E-state index contributed by atoms with van der Waals surface area (Å²) in [5.74, 6) is -0.242. The highest BCUT2D eigenvalue weighted by atomic mass is 35.5. The third-order valence-electron chi connectivity index (χ3n) is 3.81. The van der Waals surface area contributed by atoms with Crippen LogP contribution in [0.5, 0.6) is 0 Å². The van der Waals surface area contributed by atoms with Crippen LogP contribution in [0.3, 0.4) is 0 Å².